The second-order valence-corrected chi connectivity index (χ2v) is 4.28. The molecule has 1 fully saturated rings. The first kappa shape index (κ1) is 9.53. The van der Waals surface area contributed by atoms with Crippen LogP contribution in [0, 0.1) is 6.92 Å². The van der Waals surface area contributed by atoms with Gasteiger partial charge in [0.05, 0.1) is 0 Å². The van der Waals surface area contributed by atoms with Crippen molar-refractivity contribution in [1.82, 2.24) is 0 Å². The summed E-state index contributed by atoms with van der Waals surface area (Å²) in [5.74, 6) is 0. The number of anilines is 1. The summed E-state index contributed by atoms with van der Waals surface area (Å²) in [6.07, 6.45) is 3.46. The molecule has 3 N–H and O–H groups in total. The van der Waals surface area contributed by atoms with E-state index >= 15 is 0 Å². The minimum Gasteiger partial charge on any atom is -0.382 e. The molecule has 0 heterocycles. The number of benzene rings is 1. The number of rotatable bonds is 2. The van der Waals surface area contributed by atoms with Gasteiger partial charge < -0.3 is 11.1 Å². The molecular weight excluding hydrogens is 172 g/mol. The summed E-state index contributed by atoms with van der Waals surface area (Å²) < 4.78 is 0. The van der Waals surface area contributed by atoms with Gasteiger partial charge in [0.1, 0.15) is 0 Å². The van der Waals surface area contributed by atoms with Crippen LogP contribution in [0.4, 0.5) is 5.69 Å². The van der Waals surface area contributed by atoms with Crippen LogP contribution in [0.5, 0.6) is 0 Å². The van der Waals surface area contributed by atoms with Crippen LogP contribution in [0.3, 0.4) is 0 Å². The average molecular weight is 190 g/mol. The van der Waals surface area contributed by atoms with E-state index in [0.29, 0.717) is 12.1 Å². The minimum atomic E-state index is 0.400. The van der Waals surface area contributed by atoms with Crippen LogP contribution in [-0.2, 0) is 0 Å². The molecule has 2 heteroatoms. The van der Waals surface area contributed by atoms with Crippen molar-refractivity contribution in [1.29, 1.82) is 0 Å². The van der Waals surface area contributed by atoms with Gasteiger partial charge in [0.25, 0.3) is 0 Å². The summed E-state index contributed by atoms with van der Waals surface area (Å²) in [7, 11) is 0. The summed E-state index contributed by atoms with van der Waals surface area (Å²) in [5.41, 5.74) is 8.40. The lowest BCUT2D eigenvalue weighted by atomic mass is 10.2. The normalized spacial score (nSPS) is 26.4. The molecular formula is C12H18N2. The second kappa shape index (κ2) is 4.01. The third-order valence-electron chi connectivity index (χ3n) is 2.86. The molecule has 0 aromatic heterocycles. The van der Waals surface area contributed by atoms with E-state index in [1.54, 1.807) is 0 Å². The molecule has 1 aliphatic rings. The lowest BCUT2D eigenvalue weighted by Crippen LogP contribution is -2.20. The Hall–Kier alpha value is -1.02. The molecule has 0 bridgehead atoms. The van der Waals surface area contributed by atoms with Crippen molar-refractivity contribution < 1.29 is 0 Å². The van der Waals surface area contributed by atoms with Crippen LogP contribution < -0.4 is 11.1 Å². The molecule has 0 radical (unpaired) electrons. The van der Waals surface area contributed by atoms with Gasteiger partial charge in [0.15, 0.2) is 0 Å². The van der Waals surface area contributed by atoms with Crippen LogP contribution in [-0.4, -0.2) is 12.1 Å². The summed E-state index contributed by atoms with van der Waals surface area (Å²) in [6, 6.07) is 9.49. The number of nitrogens with one attached hydrogen (secondary N) is 1. The molecule has 1 aromatic rings. The Kier molecular flexibility index (Phi) is 2.73. The van der Waals surface area contributed by atoms with Gasteiger partial charge in [-0.25, -0.2) is 0 Å². The fourth-order valence-electron chi connectivity index (χ4n) is 2.12. The zero-order valence-corrected chi connectivity index (χ0v) is 8.66. The monoisotopic (exact) mass is 190 g/mol. The van der Waals surface area contributed by atoms with Crippen molar-refractivity contribution in [2.75, 3.05) is 5.32 Å². The Morgan fingerprint density at radius 1 is 1.36 bits per heavy atom. The molecule has 1 aromatic carbocycles. The summed E-state index contributed by atoms with van der Waals surface area (Å²) >= 11 is 0. The van der Waals surface area contributed by atoms with Crippen molar-refractivity contribution in [3.05, 3.63) is 29.8 Å². The van der Waals surface area contributed by atoms with Crippen molar-refractivity contribution in [3.63, 3.8) is 0 Å². The van der Waals surface area contributed by atoms with Gasteiger partial charge >= 0.3 is 0 Å². The molecule has 2 unspecified atom stereocenters. The van der Waals surface area contributed by atoms with E-state index in [4.69, 9.17) is 5.73 Å². The maximum atomic E-state index is 5.87. The van der Waals surface area contributed by atoms with Crippen molar-refractivity contribution in [3.8, 4) is 0 Å². The van der Waals surface area contributed by atoms with Crippen LogP contribution in [0.2, 0.25) is 0 Å². The molecule has 0 saturated heterocycles. The topological polar surface area (TPSA) is 38.0 Å². The van der Waals surface area contributed by atoms with E-state index in [1.165, 1.54) is 17.7 Å². The van der Waals surface area contributed by atoms with Gasteiger partial charge in [-0.3, -0.25) is 0 Å². The average Bonchev–Trinajstić information content (AvgIpc) is 2.51. The van der Waals surface area contributed by atoms with E-state index in [1.807, 2.05) is 0 Å². The van der Waals surface area contributed by atoms with Gasteiger partial charge in [-0.05, 0) is 43.9 Å². The number of hydrogen-bond acceptors (Lipinski definition) is 2. The Bertz CT molecular complexity index is 309. The van der Waals surface area contributed by atoms with E-state index in [2.05, 4.69) is 36.5 Å². The maximum Gasteiger partial charge on any atom is 0.0344 e. The smallest absolute Gasteiger partial charge is 0.0344 e. The Morgan fingerprint density at radius 2 is 2.21 bits per heavy atom. The van der Waals surface area contributed by atoms with Crippen LogP contribution in [0.1, 0.15) is 24.8 Å². The van der Waals surface area contributed by atoms with Gasteiger partial charge in [-0.15, -0.1) is 0 Å². The third-order valence-corrected chi connectivity index (χ3v) is 2.86. The molecule has 0 spiro atoms. The molecule has 14 heavy (non-hydrogen) atoms. The molecule has 1 aliphatic carbocycles. The molecule has 1 saturated carbocycles. The lowest BCUT2D eigenvalue weighted by Gasteiger charge is -2.14. The predicted molar refractivity (Wildman–Crippen MR) is 60.4 cm³/mol. The highest BCUT2D eigenvalue weighted by Gasteiger charge is 2.21. The standard InChI is InChI=1S/C12H18N2/c1-9-3-2-4-11(7-9)14-12-6-5-10(13)8-12/h2-4,7,10,12,14H,5-6,8,13H2,1H3. The first-order valence-corrected chi connectivity index (χ1v) is 5.33. The van der Waals surface area contributed by atoms with Crippen molar-refractivity contribution in [2.24, 2.45) is 5.73 Å². The number of hydrogen-bond donors (Lipinski definition) is 2. The first-order valence-electron chi connectivity index (χ1n) is 5.33. The highest BCUT2D eigenvalue weighted by Crippen LogP contribution is 2.21. The molecule has 0 amide bonds. The zero-order valence-electron chi connectivity index (χ0n) is 8.66. The van der Waals surface area contributed by atoms with E-state index in [0.717, 1.165) is 12.8 Å². The Morgan fingerprint density at radius 3 is 2.86 bits per heavy atom. The van der Waals surface area contributed by atoms with Gasteiger partial charge in [0, 0.05) is 17.8 Å². The summed E-state index contributed by atoms with van der Waals surface area (Å²) in [6.45, 7) is 2.12. The summed E-state index contributed by atoms with van der Waals surface area (Å²) in [5, 5.41) is 3.53. The van der Waals surface area contributed by atoms with Crippen LogP contribution >= 0.6 is 0 Å². The largest absolute Gasteiger partial charge is 0.382 e. The zero-order chi connectivity index (χ0) is 9.97. The Balaban J connectivity index is 1.97. The van der Waals surface area contributed by atoms with E-state index in [-0.39, 0.29) is 0 Å². The molecule has 2 rings (SSSR count). The summed E-state index contributed by atoms with van der Waals surface area (Å²) in [4.78, 5) is 0. The maximum absolute atomic E-state index is 5.87. The third kappa shape index (κ3) is 2.26. The van der Waals surface area contributed by atoms with Crippen LogP contribution in [0.15, 0.2) is 24.3 Å². The van der Waals surface area contributed by atoms with Gasteiger partial charge in [-0.2, -0.15) is 0 Å². The molecule has 76 valence electrons. The van der Waals surface area contributed by atoms with Crippen molar-refractivity contribution >= 4 is 5.69 Å². The SMILES string of the molecule is Cc1cccc(NC2CCC(N)C2)c1. The van der Waals surface area contributed by atoms with Crippen LogP contribution in [0.25, 0.3) is 0 Å². The fraction of sp³-hybridized carbons (Fsp3) is 0.500. The molecule has 0 aliphatic heterocycles. The number of nitrogens with two attached hydrogens (primary N) is 1. The van der Waals surface area contributed by atoms with E-state index < -0.39 is 0 Å². The quantitative estimate of drug-likeness (QED) is 0.751. The van der Waals surface area contributed by atoms with Crippen molar-refractivity contribution in [2.45, 2.75) is 38.3 Å². The Labute approximate surface area is 85.5 Å². The number of aryl methyl sites for hydroxylation is 1. The minimum absolute atomic E-state index is 0.400. The molecule has 2 nitrogen and oxygen atoms in total. The molecule has 2 atom stereocenters. The lowest BCUT2D eigenvalue weighted by molar-refractivity contribution is 0.688. The highest BCUT2D eigenvalue weighted by atomic mass is 14.9. The van der Waals surface area contributed by atoms with E-state index in [9.17, 15) is 0 Å². The highest BCUT2D eigenvalue weighted by molar-refractivity contribution is 5.46. The predicted octanol–water partition coefficient (Wildman–Crippen LogP) is 2.29. The van der Waals surface area contributed by atoms with Gasteiger partial charge in [-0.1, -0.05) is 12.1 Å². The second-order valence-electron chi connectivity index (χ2n) is 4.28. The van der Waals surface area contributed by atoms with Gasteiger partial charge in [0.2, 0.25) is 0 Å². The fourth-order valence-corrected chi connectivity index (χ4v) is 2.12. The first-order chi connectivity index (χ1) is 6.74.